The van der Waals surface area contributed by atoms with Crippen LogP contribution in [0.4, 0.5) is 14.5 Å². The monoisotopic (exact) mass is 236 g/mol. The van der Waals surface area contributed by atoms with E-state index < -0.39 is 33.5 Å². The largest absolute Gasteiger partial charge is 0.288 e. The number of hydrogen-bond donors (Lipinski definition) is 0. The van der Waals surface area contributed by atoms with Crippen molar-refractivity contribution in [3.05, 3.63) is 33.6 Å². The van der Waals surface area contributed by atoms with Crippen LogP contribution in [0.3, 0.4) is 0 Å². The van der Waals surface area contributed by atoms with Crippen molar-refractivity contribution in [2.75, 3.05) is 0 Å². The third-order valence-electron chi connectivity index (χ3n) is 1.53. The maximum absolute atomic E-state index is 12.3. The number of carbonyl (C=O) groups excluding carboxylic acids is 1. The van der Waals surface area contributed by atoms with E-state index in [1.54, 1.807) is 0 Å². The zero-order chi connectivity index (χ0) is 11.6. The Morgan fingerprint density at radius 2 is 2.20 bits per heavy atom. The zero-order valence-electron chi connectivity index (χ0n) is 6.99. The fraction of sp³-hybridized carbons (Fsp3) is 0.143. The van der Waals surface area contributed by atoms with Crippen molar-refractivity contribution in [3.63, 3.8) is 0 Å². The summed E-state index contributed by atoms with van der Waals surface area (Å²) in [6, 6.07) is 0.670. The summed E-state index contributed by atoms with van der Waals surface area (Å²) >= 11 is 4.99. The van der Waals surface area contributed by atoms with Crippen LogP contribution in [0.1, 0.15) is 22.5 Å². The molecule has 0 spiro atoms. The number of nitrogens with zero attached hydrogens (tertiary/aromatic N) is 2. The lowest BCUT2D eigenvalue weighted by molar-refractivity contribution is -0.385. The summed E-state index contributed by atoms with van der Waals surface area (Å²) in [5.41, 5.74) is -2.08. The predicted octanol–water partition coefficient (Wildman–Crippen LogP) is 2.31. The fourth-order valence-corrected chi connectivity index (χ4v) is 1.05. The second-order valence-electron chi connectivity index (χ2n) is 2.46. The molecule has 15 heavy (non-hydrogen) atoms. The van der Waals surface area contributed by atoms with Crippen molar-refractivity contribution in [3.8, 4) is 0 Å². The van der Waals surface area contributed by atoms with Gasteiger partial charge < -0.3 is 0 Å². The van der Waals surface area contributed by atoms with Crippen LogP contribution >= 0.6 is 11.6 Å². The molecule has 0 radical (unpaired) electrons. The summed E-state index contributed by atoms with van der Waals surface area (Å²) in [5, 5.41) is 9.07. The highest BCUT2D eigenvalue weighted by molar-refractivity contribution is 6.67. The molecule has 0 saturated carbocycles. The molecule has 0 aliphatic heterocycles. The van der Waals surface area contributed by atoms with Gasteiger partial charge in [0.05, 0.1) is 10.5 Å². The molecule has 0 N–H and O–H groups in total. The van der Waals surface area contributed by atoms with Gasteiger partial charge in [0.15, 0.2) is 0 Å². The average Bonchev–Trinajstić information content (AvgIpc) is 2.16. The van der Waals surface area contributed by atoms with Crippen LogP contribution in [-0.4, -0.2) is 15.1 Å². The standard InChI is InChI=1S/C7H3ClF2N2O3/c8-6(13)4-1-3(12(14)15)2-11-5(4)7(9)10/h1-2,7H. The number of rotatable bonds is 3. The number of hydrogen-bond acceptors (Lipinski definition) is 4. The van der Waals surface area contributed by atoms with Gasteiger partial charge in [-0.1, -0.05) is 0 Å². The lowest BCUT2D eigenvalue weighted by atomic mass is 10.2. The number of halogens is 3. The summed E-state index contributed by atoms with van der Waals surface area (Å²) in [5.74, 6) is 0. The highest BCUT2D eigenvalue weighted by atomic mass is 35.5. The summed E-state index contributed by atoms with van der Waals surface area (Å²) in [6.45, 7) is 0. The molecule has 1 rings (SSSR count). The van der Waals surface area contributed by atoms with Crippen LogP contribution < -0.4 is 0 Å². The topological polar surface area (TPSA) is 73.1 Å². The molecule has 0 aromatic carbocycles. The smallest absolute Gasteiger partial charge is 0.276 e. The van der Waals surface area contributed by atoms with Crippen molar-refractivity contribution < 1.29 is 18.5 Å². The summed E-state index contributed by atoms with van der Waals surface area (Å²) in [7, 11) is 0. The Morgan fingerprint density at radius 1 is 1.60 bits per heavy atom. The second-order valence-corrected chi connectivity index (χ2v) is 2.80. The van der Waals surface area contributed by atoms with E-state index in [2.05, 4.69) is 4.98 Å². The molecular weight excluding hydrogens is 234 g/mol. The fourth-order valence-electron chi connectivity index (χ4n) is 0.895. The highest BCUT2D eigenvalue weighted by Gasteiger charge is 2.22. The molecule has 0 unspecified atom stereocenters. The maximum Gasteiger partial charge on any atom is 0.288 e. The maximum atomic E-state index is 12.3. The molecular formula is C7H3ClF2N2O3. The number of aromatic nitrogens is 1. The lowest BCUT2D eigenvalue weighted by Gasteiger charge is -2.02. The van der Waals surface area contributed by atoms with Crippen molar-refractivity contribution in [1.82, 2.24) is 4.98 Å². The van der Waals surface area contributed by atoms with Crippen molar-refractivity contribution in [2.24, 2.45) is 0 Å². The van der Waals surface area contributed by atoms with E-state index >= 15 is 0 Å². The van der Waals surface area contributed by atoms with Gasteiger partial charge in [-0.15, -0.1) is 0 Å². The van der Waals surface area contributed by atoms with E-state index in [9.17, 15) is 23.7 Å². The SMILES string of the molecule is O=C(Cl)c1cc([N+](=O)[O-])cnc1C(F)F. The quantitative estimate of drug-likeness (QED) is 0.459. The molecule has 0 fully saturated rings. The molecule has 0 amide bonds. The minimum absolute atomic E-state index is 0.566. The number of nitro groups is 1. The van der Waals surface area contributed by atoms with Gasteiger partial charge in [-0.25, -0.2) is 13.8 Å². The molecule has 8 heteroatoms. The van der Waals surface area contributed by atoms with Gasteiger partial charge in [0.25, 0.3) is 17.4 Å². The molecule has 0 bridgehead atoms. The van der Waals surface area contributed by atoms with Gasteiger partial charge in [0.1, 0.15) is 11.9 Å². The molecule has 0 aliphatic rings. The van der Waals surface area contributed by atoms with Gasteiger partial charge in [-0.05, 0) is 11.6 Å². The van der Waals surface area contributed by atoms with Crippen LogP contribution in [0.2, 0.25) is 0 Å². The predicted molar refractivity (Wildman–Crippen MR) is 46.0 cm³/mol. The molecule has 5 nitrogen and oxygen atoms in total. The van der Waals surface area contributed by atoms with Crippen LogP contribution in [0.15, 0.2) is 12.3 Å². The first-order chi connectivity index (χ1) is 6.93. The van der Waals surface area contributed by atoms with Gasteiger partial charge in [-0.3, -0.25) is 14.9 Å². The number of pyridine rings is 1. The third kappa shape index (κ3) is 2.44. The summed E-state index contributed by atoms with van der Waals surface area (Å²) < 4.78 is 24.6. The minimum atomic E-state index is -3.01. The van der Waals surface area contributed by atoms with Crippen molar-refractivity contribution in [1.29, 1.82) is 0 Å². The minimum Gasteiger partial charge on any atom is -0.276 e. The normalized spacial score (nSPS) is 10.4. The molecule has 1 aromatic rings. The first kappa shape index (κ1) is 11.4. The molecule has 80 valence electrons. The van der Waals surface area contributed by atoms with E-state index in [4.69, 9.17) is 11.6 Å². The van der Waals surface area contributed by atoms with Gasteiger partial charge in [0, 0.05) is 6.07 Å². The Kier molecular flexibility index (Phi) is 3.25. The third-order valence-corrected chi connectivity index (χ3v) is 1.74. The highest BCUT2D eigenvalue weighted by Crippen LogP contribution is 2.25. The van der Waals surface area contributed by atoms with Crippen LogP contribution in [0, 0.1) is 10.1 Å². The number of alkyl halides is 2. The van der Waals surface area contributed by atoms with Crippen LogP contribution in [-0.2, 0) is 0 Å². The van der Waals surface area contributed by atoms with Crippen molar-refractivity contribution >= 4 is 22.5 Å². The lowest BCUT2D eigenvalue weighted by Crippen LogP contribution is -2.03. The van der Waals surface area contributed by atoms with E-state index in [0.717, 1.165) is 0 Å². The van der Waals surface area contributed by atoms with E-state index in [1.165, 1.54) is 0 Å². The summed E-state index contributed by atoms with van der Waals surface area (Å²) in [6.07, 6.45) is -2.37. The van der Waals surface area contributed by atoms with Crippen LogP contribution in [0.5, 0.6) is 0 Å². The Labute approximate surface area is 86.8 Å². The van der Waals surface area contributed by atoms with E-state index in [1.807, 2.05) is 0 Å². The van der Waals surface area contributed by atoms with Crippen molar-refractivity contribution in [2.45, 2.75) is 6.43 Å². The Morgan fingerprint density at radius 3 is 2.60 bits per heavy atom. The molecule has 0 aliphatic carbocycles. The molecule has 1 aromatic heterocycles. The number of carbonyl (C=O) groups is 1. The van der Waals surface area contributed by atoms with Gasteiger partial charge >= 0.3 is 0 Å². The Bertz CT molecular complexity index is 425. The second kappa shape index (κ2) is 4.26. The van der Waals surface area contributed by atoms with Gasteiger partial charge in [0.2, 0.25) is 0 Å². The Hall–Kier alpha value is -1.63. The first-order valence-corrected chi connectivity index (χ1v) is 3.93. The zero-order valence-corrected chi connectivity index (χ0v) is 7.74. The summed E-state index contributed by atoms with van der Waals surface area (Å²) in [4.78, 5) is 23.3. The first-order valence-electron chi connectivity index (χ1n) is 3.55. The van der Waals surface area contributed by atoms with E-state index in [0.29, 0.717) is 12.3 Å². The van der Waals surface area contributed by atoms with Crippen LogP contribution in [0.25, 0.3) is 0 Å². The molecule has 0 saturated heterocycles. The molecule has 0 atom stereocenters. The average molecular weight is 237 g/mol. The van der Waals surface area contributed by atoms with Gasteiger partial charge in [-0.2, -0.15) is 0 Å². The van der Waals surface area contributed by atoms with E-state index in [-0.39, 0.29) is 0 Å². The Balaban J connectivity index is 3.33. The molecule has 1 heterocycles.